The molecule has 6 nitrogen and oxygen atoms in total. The fourth-order valence-electron chi connectivity index (χ4n) is 6.22. The molecule has 33 heavy (non-hydrogen) atoms. The molecule has 3 aliphatic heterocycles. The molecule has 0 spiro atoms. The van der Waals surface area contributed by atoms with Crippen LogP contribution in [0.25, 0.3) is 0 Å². The minimum atomic E-state index is -0.122. The lowest BCUT2D eigenvalue weighted by Crippen LogP contribution is -2.59. The van der Waals surface area contributed by atoms with Crippen molar-refractivity contribution in [1.82, 2.24) is 9.80 Å². The second-order valence-electron chi connectivity index (χ2n) is 9.94. The first-order valence-corrected chi connectivity index (χ1v) is 12.4. The molecule has 0 radical (unpaired) electrons. The van der Waals surface area contributed by atoms with Crippen LogP contribution in [-0.4, -0.2) is 50.1 Å². The first-order valence-electron chi connectivity index (χ1n) is 12.4. The third-order valence-electron chi connectivity index (χ3n) is 8.08. The van der Waals surface area contributed by atoms with Gasteiger partial charge in [-0.1, -0.05) is 0 Å². The molecule has 0 bridgehead atoms. The Labute approximate surface area is 196 Å². The smallest absolute Gasteiger partial charge is 0.255 e. The molecule has 2 N–H and O–H groups in total. The zero-order chi connectivity index (χ0) is 23.0. The molecule has 2 aromatic carbocycles. The molecular weight excluding hydrogens is 412 g/mol. The number of hydrogen-bond donors (Lipinski definition) is 2. The van der Waals surface area contributed by atoms with Crippen LogP contribution in [0.4, 0.5) is 17.1 Å². The van der Waals surface area contributed by atoms with E-state index in [9.17, 15) is 9.59 Å². The number of hydrogen-bond acceptors (Lipinski definition) is 3. The third kappa shape index (κ3) is 3.96. The summed E-state index contributed by atoms with van der Waals surface area (Å²) in [7, 11) is 0. The molecule has 0 saturated carbocycles. The van der Waals surface area contributed by atoms with Gasteiger partial charge in [-0.25, -0.2) is 0 Å². The molecule has 174 valence electrons. The van der Waals surface area contributed by atoms with E-state index in [0.717, 1.165) is 47.5 Å². The van der Waals surface area contributed by atoms with Crippen molar-refractivity contribution in [1.29, 1.82) is 0 Å². The van der Waals surface area contributed by atoms with E-state index in [-0.39, 0.29) is 11.8 Å². The molecule has 6 heteroatoms. The van der Waals surface area contributed by atoms with E-state index in [1.807, 2.05) is 12.1 Å². The number of nitrogens with zero attached hydrogens (tertiary/aromatic N) is 2. The molecular formula is C27H35N4O2+. The lowest BCUT2D eigenvalue weighted by Gasteiger charge is -2.43. The highest BCUT2D eigenvalue weighted by Crippen LogP contribution is 2.40. The average molecular weight is 448 g/mol. The van der Waals surface area contributed by atoms with E-state index in [1.165, 1.54) is 31.5 Å². The summed E-state index contributed by atoms with van der Waals surface area (Å²) in [6.07, 6.45) is 5.27. The van der Waals surface area contributed by atoms with E-state index in [0.29, 0.717) is 24.1 Å². The number of carbonyl (C=O) groups excluding carboxylic acids is 2. The number of aryl methyl sites for hydroxylation is 1. The first-order chi connectivity index (χ1) is 16.0. The van der Waals surface area contributed by atoms with Crippen LogP contribution in [0.3, 0.4) is 0 Å². The van der Waals surface area contributed by atoms with Gasteiger partial charge in [-0.05, 0) is 56.2 Å². The second kappa shape index (κ2) is 8.92. The van der Waals surface area contributed by atoms with Crippen LogP contribution >= 0.6 is 0 Å². The van der Waals surface area contributed by atoms with E-state index in [1.54, 1.807) is 17.0 Å². The quantitative estimate of drug-likeness (QED) is 0.675. The largest absolute Gasteiger partial charge is 0.322 e. The molecule has 2 aromatic rings. The van der Waals surface area contributed by atoms with Crippen LogP contribution < -0.4 is 20.0 Å². The summed E-state index contributed by atoms with van der Waals surface area (Å²) in [5.74, 6) is 0.0348. The van der Waals surface area contributed by atoms with Crippen molar-refractivity contribution in [3.63, 3.8) is 0 Å². The summed E-state index contributed by atoms with van der Waals surface area (Å²) in [6.45, 7) is 8.63. The predicted octanol–water partition coefficient (Wildman–Crippen LogP) is 4.23. The Balaban J connectivity index is 1.33. The Hall–Kier alpha value is -2.70. The zero-order valence-corrected chi connectivity index (χ0v) is 19.8. The van der Waals surface area contributed by atoms with Gasteiger partial charge in [0.25, 0.3) is 5.91 Å². The van der Waals surface area contributed by atoms with Crippen molar-refractivity contribution >= 4 is 28.9 Å². The number of anilines is 2. The number of quaternary nitrogens is 1. The molecule has 3 saturated heterocycles. The number of rotatable bonds is 5. The fraction of sp³-hybridized carbons (Fsp3) is 0.481. The van der Waals surface area contributed by atoms with Crippen LogP contribution in [-0.2, 0) is 4.79 Å². The first kappa shape index (κ1) is 22.1. The van der Waals surface area contributed by atoms with Crippen LogP contribution in [0.15, 0.2) is 42.5 Å². The van der Waals surface area contributed by atoms with Crippen molar-refractivity contribution in [3.05, 3.63) is 53.6 Å². The van der Waals surface area contributed by atoms with Crippen molar-refractivity contribution in [2.24, 2.45) is 0 Å². The Morgan fingerprint density at radius 2 is 1.94 bits per heavy atom. The van der Waals surface area contributed by atoms with E-state index in [2.05, 4.69) is 42.7 Å². The number of carbonyl (C=O) groups is 2. The fourth-order valence-corrected chi connectivity index (χ4v) is 6.22. The second-order valence-corrected chi connectivity index (χ2v) is 9.94. The van der Waals surface area contributed by atoms with Gasteiger partial charge in [0.2, 0.25) is 5.91 Å². The van der Waals surface area contributed by atoms with Crippen molar-refractivity contribution < 1.29 is 9.59 Å². The molecule has 0 aliphatic carbocycles. The SMILES string of the molecule is Cc1cc([N+]2(C3CCNC3)CCCC2C)ccc1NC(=O)c1ccc(N2CCCC2=O)cc1. The topological polar surface area (TPSA) is 61.4 Å². The minimum Gasteiger partial charge on any atom is -0.322 e. The van der Waals surface area contributed by atoms with Gasteiger partial charge in [-0.2, -0.15) is 0 Å². The highest BCUT2D eigenvalue weighted by atomic mass is 16.2. The van der Waals surface area contributed by atoms with Gasteiger partial charge >= 0.3 is 0 Å². The highest BCUT2D eigenvalue weighted by molar-refractivity contribution is 6.05. The lowest BCUT2D eigenvalue weighted by molar-refractivity contribution is -0.117. The van der Waals surface area contributed by atoms with E-state index >= 15 is 0 Å². The number of benzene rings is 2. The van der Waals surface area contributed by atoms with Gasteiger partial charge in [0, 0.05) is 74.4 Å². The molecule has 3 aliphatic rings. The van der Waals surface area contributed by atoms with Crippen molar-refractivity contribution in [2.45, 2.75) is 58.0 Å². The average Bonchev–Trinajstić information content (AvgIpc) is 3.57. The number of amides is 2. The molecule has 3 heterocycles. The van der Waals surface area contributed by atoms with Gasteiger partial charge in [0.15, 0.2) is 0 Å². The van der Waals surface area contributed by atoms with Gasteiger partial charge in [0.1, 0.15) is 11.7 Å². The lowest BCUT2D eigenvalue weighted by atomic mass is 10.0. The van der Waals surface area contributed by atoms with Crippen molar-refractivity contribution in [3.8, 4) is 0 Å². The van der Waals surface area contributed by atoms with E-state index in [4.69, 9.17) is 0 Å². The third-order valence-corrected chi connectivity index (χ3v) is 8.08. The predicted molar refractivity (Wildman–Crippen MR) is 134 cm³/mol. The summed E-state index contributed by atoms with van der Waals surface area (Å²) >= 11 is 0. The maximum Gasteiger partial charge on any atom is 0.255 e. The summed E-state index contributed by atoms with van der Waals surface area (Å²) in [4.78, 5) is 26.7. The van der Waals surface area contributed by atoms with Crippen LogP contribution in [0.5, 0.6) is 0 Å². The standard InChI is InChI=1S/C27H34N4O2/c1-19-17-23(31(16-4-5-20(31)2)24-13-14-28-18-24)11-12-25(19)29-27(33)21-7-9-22(10-8-21)30-15-3-6-26(30)32/h7-12,17,20,24,28H,3-6,13-16,18H2,1-2H3/p+1. The summed E-state index contributed by atoms with van der Waals surface area (Å²) < 4.78 is 1.07. The Morgan fingerprint density at radius 3 is 2.55 bits per heavy atom. The van der Waals surface area contributed by atoms with Crippen molar-refractivity contribution in [2.75, 3.05) is 36.4 Å². The maximum absolute atomic E-state index is 12.9. The zero-order valence-electron chi connectivity index (χ0n) is 19.8. The van der Waals surface area contributed by atoms with Crippen LogP contribution in [0, 0.1) is 6.92 Å². The normalized spacial score (nSPS) is 27.3. The number of nitrogens with one attached hydrogen (secondary N) is 2. The highest BCUT2D eigenvalue weighted by Gasteiger charge is 2.48. The Kier molecular flexibility index (Phi) is 5.97. The molecule has 3 fully saturated rings. The van der Waals surface area contributed by atoms with Gasteiger partial charge in [0.05, 0.1) is 12.6 Å². The molecule has 0 aromatic heterocycles. The van der Waals surface area contributed by atoms with Gasteiger partial charge in [-0.3, -0.25) is 14.1 Å². The van der Waals surface area contributed by atoms with Gasteiger partial charge in [-0.15, -0.1) is 0 Å². The van der Waals surface area contributed by atoms with E-state index < -0.39 is 0 Å². The van der Waals surface area contributed by atoms with Gasteiger partial charge < -0.3 is 15.5 Å². The molecule has 3 atom stereocenters. The minimum absolute atomic E-state index is 0.122. The monoisotopic (exact) mass is 447 g/mol. The Bertz CT molecular complexity index is 1040. The van der Waals surface area contributed by atoms with Crippen LogP contribution in [0.2, 0.25) is 0 Å². The number of likely N-dealkylation sites (tertiary alicyclic amines) is 1. The summed E-state index contributed by atoms with van der Waals surface area (Å²) in [5, 5.41) is 6.66. The molecule has 2 amide bonds. The molecule has 5 rings (SSSR count). The van der Waals surface area contributed by atoms with Crippen LogP contribution in [0.1, 0.15) is 54.9 Å². The summed E-state index contributed by atoms with van der Waals surface area (Å²) in [5.41, 5.74) is 4.80. The maximum atomic E-state index is 12.9. The Morgan fingerprint density at radius 1 is 1.12 bits per heavy atom. The molecule has 3 unspecified atom stereocenters. The summed E-state index contributed by atoms with van der Waals surface area (Å²) in [6, 6.07) is 15.2.